The van der Waals surface area contributed by atoms with E-state index in [9.17, 15) is 0 Å². The molecule has 0 fully saturated rings. The Kier molecular flexibility index (Phi) is 5.41. The zero-order valence-corrected chi connectivity index (χ0v) is 15.1. The summed E-state index contributed by atoms with van der Waals surface area (Å²) in [5, 5.41) is 7.87. The van der Waals surface area contributed by atoms with Gasteiger partial charge in [0.1, 0.15) is 0 Å². The van der Waals surface area contributed by atoms with Gasteiger partial charge in [0, 0.05) is 10.5 Å². The van der Waals surface area contributed by atoms with Gasteiger partial charge in [0.2, 0.25) is 0 Å². The summed E-state index contributed by atoms with van der Waals surface area (Å²) in [7, 11) is 1.99. The standard InChI is InChI=1S/C15H19Br2N3/c1-10(2)20-15(13(17)9-19-20)14(18-3)8-11-6-4-5-7-12(11)16/h4-7,9-10,14,18H,8H2,1-3H3. The number of hydrogen-bond acceptors (Lipinski definition) is 2. The second kappa shape index (κ2) is 6.87. The van der Waals surface area contributed by atoms with Crippen LogP contribution in [-0.4, -0.2) is 16.8 Å². The second-order valence-corrected chi connectivity index (χ2v) is 6.76. The highest BCUT2D eigenvalue weighted by Gasteiger charge is 2.21. The number of aromatic nitrogens is 2. The van der Waals surface area contributed by atoms with Crippen molar-refractivity contribution in [3.8, 4) is 0 Å². The Labute approximate surface area is 137 Å². The van der Waals surface area contributed by atoms with Gasteiger partial charge < -0.3 is 5.32 Å². The fraction of sp³-hybridized carbons (Fsp3) is 0.400. The first-order chi connectivity index (χ1) is 9.54. The first kappa shape index (κ1) is 15.7. The largest absolute Gasteiger partial charge is 0.311 e. The van der Waals surface area contributed by atoms with E-state index in [1.807, 2.05) is 19.3 Å². The lowest BCUT2D eigenvalue weighted by Crippen LogP contribution is -2.24. The van der Waals surface area contributed by atoms with Gasteiger partial charge in [0.25, 0.3) is 0 Å². The van der Waals surface area contributed by atoms with Crippen molar-refractivity contribution in [1.82, 2.24) is 15.1 Å². The summed E-state index contributed by atoms with van der Waals surface area (Å²) in [6.45, 7) is 4.29. The number of nitrogens with one attached hydrogen (secondary N) is 1. The topological polar surface area (TPSA) is 29.9 Å². The summed E-state index contributed by atoms with van der Waals surface area (Å²) >= 11 is 7.25. The zero-order valence-electron chi connectivity index (χ0n) is 11.9. The van der Waals surface area contributed by atoms with Gasteiger partial charge in [-0.15, -0.1) is 0 Å². The third-order valence-electron chi connectivity index (χ3n) is 3.34. The quantitative estimate of drug-likeness (QED) is 0.800. The molecule has 2 rings (SSSR count). The van der Waals surface area contributed by atoms with E-state index >= 15 is 0 Å². The van der Waals surface area contributed by atoms with Gasteiger partial charge in [0.15, 0.2) is 0 Å². The van der Waals surface area contributed by atoms with Crippen LogP contribution in [0.25, 0.3) is 0 Å². The van der Waals surface area contributed by atoms with E-state index in [1.54, 1.807) is 0 Å². The lowest BCUT2D eigenvalue weighted by molar-refractivity contribution is 0.458. The Balaban J connectivity index is 2.34. The van der Waals surface area contributed by atoms with Gasteiger partial charge in [-0.3, -0.25) is 4.68 Å². The molecule has 1 aromatic carbocycles. The van der Waals surface area contributed by atoms with Crippen LogP contribution in [0.4, 0.5) is 0 Å². The van der Waals surface area contributed by atoms with Crippen molar-refractivity contribution in [3.05, 3.63) is 50.7 Å². The molecule has 0 radical (unpaired) electrons. The van der Waals surface area contributed by atoms with Gasteiger partial charge >= 0.3 is 0 Å². The predicted octanol–water partition coefficient (Wildman–Crippen LogP) is 4.49. The summed E-state index contributed by atoms with van der Waals surface area (Å²) in [4.78, 5) is 0. The molecule has 0 aliphatic carbocycles. The second-order valence-electron chi connectivity index (χ2n) is 5.05. The third kappa shape index (κ3) is 3.32. The van der Waals surface area contributed by atoms with Crippen molar-refractivity contribution in [2.75, 3.05) is 7.05 Å². The van der Waals surface area contributed by atoms with Crippen LogP contribution in [0.2, 0.25) is 0 Å². The minimum absolute atomic E-state index is 0.216. The molecule has 1 atom stereocenters. The summed E-state index contributed by atoms with van der Waals surface area (Å²) in [5.74, 6) is 0. The number of nitrogens with zero attached hydrogens (tertiary/aromatic N) is 2. The maximum absolute atomic E-state index is 4.47. The van der Waals surface area contributed by atoms with Crippen LogP contribution in [0.1, 0.15) is 37.2 Å². The Bertz CT molecular complexity index is 578. The van der Waals surface area contributed by atoms with E-state index in [1.165, 1.54) is 11.3 Å². The monoisotopic (exact) mass is 399 g/mol. The first-order valence-electron chi connectivity index (χ1n) is 6.68. The highest BCUT2D eigenvalue weighted by atomic mass is 79.9. The Morgan fingerprint density at radius 3 is 2.50 bits per heavy atom. The Hall–Kier alpha value is -0.650. The van der Waals surface area contributed by atoms with Crippen molar-refractivity contribution in [2.45, 2.75) is 32.4 Å². The molecule has 1 heterocycles. The minimum Gasteiger partial charge on any atom is -0.311 e. The minimum atomic E-state index is 0.216. The summed E-state index contributed by atoms with van der Waals surface area (Å²) < 4.78 is 4.27. The van der Waals surface area contributed by atoms with Crippen molar-refractivity contribution in [3.63, 3.8) is 0 Å². The molecule has 1 unspecified atom stereocenters. The van der Waals surface area contributed by atoms with Gasteiger partial charge in [-0.2, -0.15) is 5.10 Å². The molecule has 5 heteroatoms. The van der Waals surface area contributed by atoms with Crippen LogP contribution < -0.4 is 5.32 Å². The molecule has 1 N–H and O–H groups in total. The van der Waals surface area contributed by atoms with Crippen LogP contribution in [-0.2, 0) is 6.42 Å². The average Bonchev–Trinajstić information content (AvgIpc) is 2.80. The molecule has 0 spiro atoms. The fourth-order valence-corrected chi connectivity index (χ4v) is 3.30. The number of likely N-dealkylation sites (N-methyl/N-ethyl adjacent to an activating group) is 1. The molecule has 20 heavy (non-hydrogen) atoms. The molecule has 0 aliphatic heterocycles. The smallest absolute Gasteiger partial charge is 0.0702 e. The molecule has 2 aromatic rings. The normalized spacial score (nSPS) is 12.9. The molecular formula is C15H19Br2N3. The zero-order chi connectivity index (χ0) is 14.7. The lowest BCUT2D eigenvalue weighted by atomic mass is 10.0. The van der Waals surface area contributed by atoms with E-state index in [0.717, 1.165) is 15.4 Å². The Morgan fingerprint density at radius 2 is 1.90 bits per heavy atom. The first-order valence-corrected chi connectivity index (χ1v) is 8.26. The lowest BCUT2D eigenvalue weighted by Gasteiger charge is -2.21. The molecule has 0 aliphatic rings. The highest BCUT2D eigenvalue weighted by Crippen LogP contribution is 2.29. The van der Waals surface area contributed by atoms with Gasteiger partial charge in [-0.25, -0.2) is 0 Å². The molecule has 0 amide bonds. The van der Waals surface area contributed by atoms with Crippen LogP contribution in [0.3, 0.4) is 0 Å². The van der Waals surface area contributed by atoms with Gasteiger partial charge in [-0.1, -0.05) is 34.1 Å². The molecule has 0 bridgehead atoms. The summed E-state index contributed by atoms with van der Waals surface area (Å²) in [6.07, 6.45) is 2.79. The molecule has 1 aromatic heterocycles. The number of rotatable bonds is 5. The molecule has 108 valence electrons. The highest BCUT2D eigenvalue weighted by molar-refractivity contribution is 9.10. The van der Waals surface area contributed by atoms with E-state index < -0.39 is 0 Å². The molecule has 0 saturated heterocycles. The predicted molar refractivity (Wildman–Crippen MR) is 90.0 cm³/mol. The van der Waals surface area contributed by atoms with E-state index in [4.69, 9.17) is 0 Å². The Morgan fingerprint density at radius 1 is 1.20 bits per heavy atom. The number of halogens is 2. The fourth-order valence-electron chi connectivity index (χ4n) is 2.31. The molecule has 3 nitrogen and oxygen atoms in total. The van der Waals surface area contributed by atoms with Crippen LogP contribution in [0.5, 0.6) is 0 Å². The van der Waals surface area contributed by atoms with Crippen LogP contribution in [0, 0.1) is 0 Å². The SMILES string of the molecule is CNC(Cc1ccccc1Br)c1c(Br)cnn1C(C)C. The summed E-state index contributed by atoms with van der Waals surface area (Å²) in [5.41, 5.74) is 2.48. The number of hydrogen-bond donors (Lipinski definition) is 1. The third-order valence-corrected chi connectivity index (χ3v) is 4.72. The maximum Gasteiger partial charge on any atom is 0.0702 e. The molecule has 0 saturated carbocycles. The van der Waals surface area contributed by atoms with E-state index in [-0.39, 0.29) is 6.04 Å². The average molecular weight is 401 g/mol. The van der Waals surface area contributed by atoms with Gasteiger partial charge in [0.05, 0.1) is 22.4 Å². The van der Waals surface area contributed by atoms with Crippen molar-refractivity contribution >= 4 is 31.9 Å². The van der Waals surface area contributed by atoms with E-state index in [2.05, 4.69) is 79.0 Å². The van der Waals surface area contributed by atoms with Crippen molar-refractivity contribution < 1.29 is 0 Å². The van der Waals surface area contributed by atoms with Gasteiger partial charge in [-0.05, 0) is 54.9 Å². The molecular weight excluding hydrogens is 382 g/mol. The van der Waals surface area contributed by atoms with Crippen molar-refractivity contribution in [2.24, 2.45) is 0 Å². The van der Waals surface area contributed by atoms with E-state index in [0.29, 0.717) is 6.04 Å². The number of benzene rings is 1. The van der Waals surface area contributed by atoms with Crippen molar-refractivity contribution in [1.29, 1.82) is 0 Å². The summed E-state index contributed by atoms with van der Waals surface area (Å²) in [6, 6.07) is 8.90. The van der Waals surface area contributed by atoms with Crippen LogP contribution >= 0.6 is 31.9 Å². The van der Waals surface area contributed by atoms with Crippen LogP contribution in [0.15, 0.2) is 39.4 Å². The maximum atomic E-state index is 4.47.